The predicted molar refractivity (Wildman–Crippen MR) is 135 cm³/mol. The molecule has 2 N–H and O–H groups in total. The van der Waals surface area contributed by atoms with Crippen molar-refractivity contribution in [2.24, 2.45) is 5.41 Å². The van der Waals surface area contributed by atoms with Crippen LogP contribution in [0.3, 0.4) is 0 Å². The van der Waals surface area contributed by atoms with E-state index >= 15 is 0 Å². The van der Waals surface area contributed by atoms with Gasteiger partial charge >= 0.3 is 12.1 Å². The monoisotopic (exact) mass is 489 g/mol. The molecular weight excluding hydrogens is 458 g/mol. The molecule has 0 bridgehead atoms. The van der Waals surface area contributed by atoms with Gasteiger partial charge in [0.1, 0.15) is 25.0 Å². The van der Waals surface area contributed by atoms with Crippen molar-refractivity contribution in [3.8, 4) is 5.75 Å². The lowest BCUT2D eigenvalue weighted by Crippen LogP contribution is -2.44. The normalized spacial score (nSPS) is 11.9. The molecule has 7 nitrogen and oxygen atoms in total. The molecule has 3 aromatic carbocycles. The second-order valence-electron chi connectivity index (χ2n) is 9.48. The highest BCUT2D eigenvalue weighted by atomic mass is 16.6. The number of rotatable bonds is 9. The molecule has 0 saturated heterocycles. The summed E-state index contributed by atoms with van der Waals surface area (Å²) in [6.45, 7) is 5.38. The second-order valence-corrected chi connectivity index (χ2v) is 9.48. The number of ketones is 1. The third-order valence-electron chi connectivity index (χ3n) is 5.46. The molecule has 0 spiro atoms. The summed E-state index contributed by atoms with van der Waals surface area (Å²) in [6.07, 6.45) is -0.811. The van der Waals surface area contributed by atoms with Gasteiger partial charge in [-0.15, -0.1) is 0 Å². The smallest absolute Gasteiger partial charge is 0.408 e. The molecule has 1 amide bonds. The van der Waals surface area contributed by atoms with Crippen LogP contribution in [-0.2, 0) is 33.9 Å². The van der Waals surface area contributed by atoms with Crippen molar-refractivity contribution in [1.82, 2.24) is 5.32 Å². The molecule has 0 heterocycles. The lowest BCUT2D eigenvalue weighted by molar-refractivity contribution is -0.147. The molecule has 3 rings (SSSR count). The van der Waals surface area contributed by atoms with Gasteiger partial charge in [0, 0.05) is 17.4 Å². The minimum atomic E-state index is -1.12. The molecule has 3 aromatic rings. The number of hydrogen-bond donors (Lipinski definition) is 2. The SMILES string of the molecule is CC(C)(C)C(=O)c1cc(O)ccc1C[C@H](NC(=O)OCc1ccccc1)C(=O)OCc1ccccc1. The van der Waals surface area contributed by atoms with Gasteiger partial charge in [0.2, 0.25) is 0 Å². The van der Waals surface area contributed by atoms with Crippen molar-refractivity contribution in [3.63, 3.8) is 0 Å². The first-order chi connectivity index (χ1) is 17.1. The molecule has 1 atom stereocenters. The number of alkyl carbamates (subject to hydrolysis) is 1. The molecular formula is C29H31NO6. The van der Waals surface area contributed by atoms with Gasteiger partial charge in [-0.3, -0.25) is 4.79 Å². The Morgan fingerprint density at radius 3 is 1.94 bits per heavy atom. The van der Waals surface area contributed by atoms with Crippen molar-refractivity contribution in [3.05, 3.63) is 101 Å². The molecule has 7 heteroatoms. The van der Waals surface area contributed by atoms with E-state index in [9.17, 15) is 19.5 Å². The molecule has 0 saturated carbocycles. The molecule has 0 fully saturated rings. The van der Waals surface area contributed by atoms with Crippen LogP contribution in [0.1, 0.15) is 47.8 Å². The fourth-order valence-corrected chi connectivity index (χ4v) is 3.51. The van der Waals surface area contributed by atoms with Gasteiger partial charge in [-0.2, -0.15) is 0 Å². The van der Waals surface area contributed by atoms with Gasteiger partial charge in [-0.05, 0) is 28.8 Å². The van der Waals surface area contributed by atoms with Gasteiger partial charge in [-0.25, -0.2) is 9.59 Å². The minimum Gasteiger partial charge on any atom is -0.508 e. The number of ether oxygens (including phenoxy) is 2. The number of phenolic OH excluding ortho intramolecular Hbond substituents is 1. The third kappa shape index (κ3) is 7.70. The lowest BCUT2D eigenvalue weighted by atomic mass is 9.83. The quantitative estimate of drug-likeness (QED) is 0.316. The summed E-state index contributed by atoms with van der Waals surface area (Å²) in [4.78, 5) is 38.7. The Hall–Kier alpha value is -4.13. The molecule has 0 aliphatic rings. The standard InChI is InChI=1S/C29H31NO6/c1-29(2,3)26(32)24-17-23(31)15-14-22(24)16-25(27(33)35-18-20-10-6-4-7-11-20)30-28(34)36-19-21-12-8-5-9-13-21/h4-15,17,25,31H,16,18-19H2,1-3H3,(H,30,34)/t25-/m0/s1. The first kappa shape index (κ1) is 26.5. The van der Waals surface area contributed by atoms with Gasteiger partial charge in [0.25, 0.3) is 0 Å². The van der Waals surface area contributed by atoms with Crippen LogP contribution < -0.4 is 5.32 Å². The van der Waals surface area contributed by atoms with Gasteiger partial charge in [0.15, 0.2) is 5.78 Å². The van der Waals surface area contributed by atoms with E-state index in [0.29, 0.717) is 5.56 Å². The molecule has 36 heavy (non-hydrogen) atoms. The molecule has 0 aromatic heterocycles. The van der Waals surface area contributed by atoms with Crippen molar-refractivity contribution in [2.45, 2.75) is 46.4 Å². The molecule has 0 unspecified atom stereocenters. The van der Waals surface area contributed by atoms with Crippen LogP contribution in [0.2, 0.25) is 0 Å². The second kappa shape index (κ2) is 12.0. The van der Waals surface area contributed by atoms with E-state index in [4.69, 9.17) is 9.47 Å². The van der Waals surface area contributed by atoms with E-state index in [1.807, 2.05) is 60.7 Å². The molecule has 188 valence electrons. The van der Waals surface area contributed by atoms with E-state index in [-0.39, 0.29) is 36.7 Å². The van der Waals surface area contributed by atoms with Gasteiger partial charge in [0.05, 0.1) is 0 Å². The van der Waals surface area contributed by atoms with Crippen LogP contribution in [0.5, 0.6) is 5.75 Å². The maximum absolute atomic E-state index is 13.0. The van der Waals surface area contributed by atoms with Gasteiger partial charge in [-0.1, -0.05) is 87.5 Å². The number of aromatic hydroxyl groups is 1. The highest BCUT2D eigenvalue weighted by Crippen LogP contribution is 2.27. The maximum atomic E-state index is 13.0. The number of esters is 1. The molecule has 0 radical (unpaired) electrons. The highest BCUT2D eigenvalue weighted by Gasteiger charge is 2.29. The summed E-state index contributed by atoms with van der Waals surface area (Å²) in [5, 5.41) is 12.6. The summed E-state index contributed by atoms with van der Waals surface area (Å²) in [7, 11) is 0. The van der Waals surface area contributed by atoms with Crippen LogP contribution >= 0.6 is 0 Å². The van der Waals surface area contributed by atoms with Crippen molar-refractivity contribution in [2.75, 3.05) is 0 Å². The number of amides is 1. The molecule has 0 aliphatic carbocycles. The van der Waals surface area contributed by atoms with Gasteiger partial charge < -0.3 is 19.9 Å². The Morgan fingerprint density at radius 1 is 0.833 bits per heavy atom. The summed E-state index contributed by atoms with van der Waals surface area (Å²) < 4.78 is 10.8. The number of phenols is 1. The summed E-state index contributed by atoms with van der Waals surface area (Å²) in [5.41, 5.74) is 1.66. The Bertz CT molecular complexity index is 1190. The van der Waals surface area contributed by atoms with Crippen molar-refractivity contribution >= 4 is 17.8 Å². The summed E-state index contributed by atoms with van der Waals surface area (Å²) in [5.74, 6) is -0.931. The van der Waals surface area contributed by atoms with Crippen LogP contribution in [0, 0.1) is 5.41 Å². The summed E-state index contributed by atoms with van der Waals surface area (Å²) >= 11 is 0. The predicted octanol–water partition coefficient (Wildman–Crippen LogP) is 5.20. The van der Waals surface area contributed by atoms with Crippen molar-refractivity contribution in [1.29, 1.82) is 0 Å². The topological polar surface area (TPSA) is 102 Å². The Balaban J connectivity index is 1.79. The average molecular weight is 490 g/mol. The fraction of sp³-hybridized carbons (Fsp3) is 0.276. The van der Waals surface area contributed by atoms with Crippen LogP contribution in [-0.4, -0.2) is 29.0 Å². The van der Waals surface area contributed by atoms with Crippen LogP contribution in [0.25, 0.3) is 0 Å². The number of Topliss-reactive ketones (excluding diaryl/α,β-unsaturated/α-hetero) is 1. The Labute approximate surface area is 211 Å². The Kier molecular flexibility index (Phi) is 8.84. The first-order valence-corrected chi connectivity index (χ1v) is 11.7. The van der Waals surface area contributed by atoms with Crippen LogP contribution in [0.4, 0.5) is 4.79 Å². The number of carbonyl (C=O) groups is 3. The van der Waals surface area contributed by atoms with E-state index in [0.717, 1.165) is 11.1 Å². The van der Waals surface area contributed by atoms with E-state index < -0.39 is 23.5 Å². The zero-order valence-electron chi connectivity index (χ0n) is 20.7. The zero-order chi connectivity index (χ0) is 26.1. The van der Waals surface area contributed by atoms with Crippen LogP contribution in [0.15, 0.2) is 78.9 Å². The number of hydrogen-bond acceptors (Lipinski definition) is 6. The summed E-state index contributed by atoms with van der Waals surface area (Å²) in [6, 6.07) is 21.6. The largest absolute Gasteiger partial charge is 0.508 e. The third-order valence-corrected chi connectivity index (χ3v) is 5.46. The Morgan fingerprint density at radius 2 is 1.39 bits per heavy atom. The van der Waals surface area contributed by atoms with E-state index in [2.05, 4.69) is 5.32 Å². The minimum absolute atomic E-state index is 0.0223. The average Bonchev–Trinajstić information content (AvgIpc) is 2.86. The fourth-order valence-electron chi connectivity index (χ4n) is 3.51. The first-order valence-electron chi connectivity index (χ1n) is 11.7. The lowest BCUT2D eigenvalue weighted by Gasteiger charge is -2.22. The van der Waals surface area contributed by atoms with Crippen molar-refractivity contribution < 1.29 is 29.0 Å². The number of benzene rings is 3. The number of nitrogens with one attached hydrogen (secondary N) is 1. The van der Waals surface area contributed by atoms with E-state index in [1.54, 1.807) is 26.8 Å². The molecule has 0 aliphatic heterocycles. The maximum Gasteiger partial charge on any atom is 0.408 e. The van der Waals surface area contributed by atoms with E-state index in [1.165, 1.54) is 12.1 Å². The highest BCUT2D eigenvalue weighted by molar-refractivity contribution is 6.01. The zero-order valence-corrected chi connectivity index (χ0v) is 20.7. The number of carbonyl (C=O) groups excluding carboxylic acids is 3.